The highest BCUT2D eigenvalue weighted by molar-refractivity contribution is 5.55. The van der Waals surface area contributed by atoms with Gasteiger partial charge >= 0.3 is 0 Å². The van der Waals surface area contributed by atoms with Crippen molar-refractivity contribution in [2.45, 2.75) is 13.8 Å². The maximum atomic E-state index is 9.21. The van der Waals surface area contributed by atoms with Crippen LogP contribution >= 0.6 is 0 Å². The van der Waals surface area contributed by atoms with Gasteiger partial charge in [-0.15, -0.1) is 5.10 Å². The van der Waals surface area contributed by atoms with Crippen molar-refractivity contribution >= 4 is 5.82 Å². The maximum Gasteiger partial charge on any atom is 0.181 e. The minimum absolute atomic E-state index is 0.560. The predicted molar refractivity (Wildman–Crippen MR) is 68.9 cm³/mol. The fraction of sp³-hybridized carbons (Fsp3) is 0.583. The molecule has 0 radical (unpaired) electrons. The molecule has 0 aromatic carbocycles. The monoisotopic (exact) mass is 246 g/mol. The van der Waals surface area contributed by atoms with Crippen molar-refractivity contribution in [3.8, 4) is 6.07 Å². The lowest BCUT2D eigenvalue weighted by molar-refractivity contribution is 0.178. The van der Waals surface area contributed by atoms with Crippen LogP contribution in [0.5, 0.6) is 0 Å². The Kier molecular flexibility index (Phi) is 3.75. The number of hydrogen-bond donors (Lipinski definition) is 1. The molecule has 0 amide bonds. The molecule has 1 saturated heterocycles. The first kappa shape index (κ1) is 12.7. The van der Waals surface area contributed by atoms with E-state index in [4.69, 9.17) is 0 Å². The highest BCUT2D eigenvalue weighted by Crippen LogP contribution is 2.17. The summed E-state index contributed by atoms with van der Waals surface area (Å²) in [5.74, 6) is 0.560. The van der Waals surface area contributed by atoms with Gasteiger partial charge < -0.3 is 10.3 Å². The average Bonchev–Trinajstić information content (AvgIpc) is 2.37. The zero-order chi connectivity index (χ0) is 13.1. The van der Waals surface area contributed by atoms with Gasteiger partial charge in [0, 0.05) is 26.2 Å². The Hall–Kier alpha value is -1.71. The highest BCUT2D eigenvalue weighted by atomic mass is 15.5. The number of piperazine rings is 1. The molecule has 1 aliphatic rings. The van der Waals surface area contributed by atoms with Crippen LogP contribution < -0.4 is 5.43 Å². The van der Waals surface area contributed by atoms with Gasteiger partial charge in [-0.3, -0.25) is 0 Å². The Morgan fingerprint density at radius 1 is 1.17 bits per heavy atom. The lowest BCUT2D eigenvalue weighted by Gasteiger charge is -2.32. The minimum atomic E-state index is 0.560. The fourth-order valence-corrected chi connectivity index (χ4v) is 1.89. The third-order valence-corrected chi connectivity index (χ3v) is 3.33. The molecule has 1 aromatic rings. The number of nitrogens with one attached hydrogen (secondary N) is 1. The third kappa shape index (κ3) is 2.58. The molecule has 0 aliphatic carbocycles. The molecular formula is C12H18N6. The van der Waals surface area contributed by atoms with Crippen LogP contribution in [-0.2, 0) is 0 Å². The van der Waals surface area contributed by atoms with Crippen LogP contribution in [0.1, 0.15) is 16.8 Å². The van der Waals surface area contributed by atoms with Crippen LogP contribution in [0, 0.1) is 25.2 Å². The van der Waals surface area contributed by atoms with Crippen LogP contribution in [0.15, 0.2) is 0 Å². The quantitative estimate of drug-likeness (QED) is 0.821. The highest BCUT2D eigenvalue weighted by Gasteiger charge is 2.17. The summed E-state index contributed by atoms with van der Waals surface area (Å²) in [5, 5.41) is 19.4. The standard InChI is InChI=1S/C12H18N6/c1-9-10(2)14-15-12(11(9)8-13)16-18-6-4-17(3)5-7-18/h4-7H2,1-3H3,(H,15,16). The normalized spacial score (nSPS) is 17.4. The summed E-state index contributed by atoms with van der Waals surface area (Å²) in [7, 11) is 2.11. The van der Waals surface area contributed by atoms with Gasteiger partial charge in [0.05, 0.1) is 5.69 Å². The van der Waals surface area contributed by atoms with Crippen molar-refractivity contribution in [1.82, 2.24) is 20.1 Å². The van der Waals surface area contributed by atoms with E-state index in [-0.39, 0.29) is 0 Å². The molecule has 2 heterocycles. The minimum Gasteiger partial charge on any atom is -0.304 e. The van der Waals surface area contributed by atoms with Crippen LogP contribution in [-0.4, -0.2) is 53.3 Å². The second-order valence-corrected chi connectivity index (χ2v) is 4.65. The first-order valence-electron chi connectivity index (χ1n) is 6.06. The fourth-order valence-electron chi connectivity index (χ4n) is 1.89. The molecule has 0 atom stereocenters. The molecule has 1 aliphatic heterocycles. The summed E-state index contributed by atoms with van der Waals surface area (Å²) in [6.45, 7) is 7.60. The summed E-state index contributed by atoms with van der Waals surface area (Å²) < 4.78 is 0. The van der Waals surface area contributed by atoms with E-state index in [0.29, 0.717) is 11.4 Å². The molecule has 6 nitrogen and oxygen atoms in total. The number of rotatable bonds is 2. The number of aromatic nitrogens is 2. The smallest absolute Gasteiger partial charge is 0.181 e. The van der Waals surface area contributed by atoms with Crippen molar-refractivity contribution in [3.63, 3.8) is 0 Å². The third-order valence-electron chi connectivity index (χ3n) is 3.33. The van der Waals surface area contributed by atoms with E-state index in [9.17, 15) is 5.26 Å². The van der Waals surface area contributed by atoms with Gasteiger partial charge in [0.15, 0.2) is 5.82 Å². The van der Waals surface area contributed by atoms with E-state index in [1.54, 1.807) is 0 Å². The predicted octanol–water partition coefficient (Wildman–Crippen LogP) is 0.539. The van der Waals surface area contributed by atoms with E-state index in [0.717, 1.165) is 37.4 Å². The topological polar surface area (TPSA) is 68.1 Å². The van der Waals surface area contributed by atoms with Crippen LogP contribution in [0.25, 0.3) is 0 Å². The van der Waals surface area contributed by atoms with Gasteiger partial charge in [-0.25, -0.2) is 5.01 Å². The number of likely N-dealkylation sites (N-methyl/N-ethyl adjacent to an activating group) is 1. The Bertz CT molecular complexity index is 470. The van der Waals surface area contributed by atoms with Crippen molar-refractivity contribution in [2.75, 3.05) is 38.7 Å². The first-order chi connectivity index (χ1) is 8.61. The van der Waals surface area contributed by atoms with E-state index in [1.807, 2.05) is 13.8 Å². The van der Waals surface area contributed by atoms with Crippen molar-refractivity contribution in [2.24, 2.45) is 0 Å². The molecule has 0 saturated carbocycles. The number of aryl methyl sites for hydroxylation is 1. The number of nitriles is 1. The SMILES string of the molecule is Cc1nnc(NN2CCN(C)CC2)c(C#N)c1C. The Labute approximate surface area is 107 Å². The lowest BCUT2D eigenvalue weighted by atomic mass is 10.1. The molecule has 0 bridgehead atoms. The van der Waals surface area contributed by atoms with E-state index in [2.05, 4.69) is 38.6 Å². The number of anilines is 1. The van der Waals surface area contributed by atoms with Gasteiger partial charge in [-0.1, -0.05) is 0 Å². The Morgan fingerprint density at radius 2 is 1.83 bits per heavy atom. The molecule has 0 spiro atoms. The molecule has 1 fully saturated rings. The summed E-state index contributed by atoms with van der Waals surface area (Å²) in [6.07, 6.45) is 0. The lowest BCUT2D eigenvalue weighted by Crippen LogP contribution is -2.47. The Morgan fingerprint density at radius 3 is 2.44 bits per heavy atom. The van der Waals surface area contributed by atoms with Crippen molar-refractivity contribution in [1.29, 1.82) is 5.26 Å². The zero-order valence-electron chi connectivity index (χ0n) is 11.1. The summed E-state index contributed by atoms with van der Waals surface area (Å²) in [5.41, 5.74) is 5.48. The molecule has 96 valence electrons. The summed E-state index contributed by atoms with van der Waals surface area (Å²) >= 11 is 0. The van der Waals surface area contributed by atoms with Gasteiger partial charge in [-0.2, -0.15) is 10.4 Å². The van der Waals surface area contributed by atoms with Gasteiger partial charge in [0.1, 0.15) is 11.6 Å². The summed E-state index contributed by atoms with van der Waals surface area (Å²) in [6, 6.07) is 2.20. The maximum absolute atomic E-state index is 9.21. The van der Waals surface area contributed by atoms with E-state index >= 15 is 0 Å². The molecule has 6 heteroatoms. The molecule has 18 heavy (non-hydrogen) atoms. The van der Waals surface area contributed by atoms with Gasteiger partial charge in [-0.05, 0) is 26.5 Å². The van der Waals surface area contributed by atoms with Crippen molar-refractivity contribution in [3.05, 3.63) is 16.8 Å². The van der Waals surface area contributed by atoms with Gasteiger partial charge in [0.25, 0.3) is 0 Å². The van der Waals surface area contributed by atoms with Crippen LogP contribution in [0.4, 0.5) is 5.82 Å². The van der Waals surface area contributed by atoms with Gasteiger partial charge in [0.2, 0.25) is 0 Å². The molecular weight excluding hydrogens is 228 g/mol. The average molecular weight is 246 g/mol. The Balaban J connectivity index is 2.15. The molecule has 2 rings (SSSR count). The van der Waals surface area contributed by atoms with Crippen LogP contribution in [0.3, 0.4) is 0 Å². The summed E-state index contributed by atoms with van der Waals surface area (Å²) in [4.78, 5) is 2.27. The van der Waals surface area contributed by atoms with E-state index < -0.39 is 0 Å². The van der Waals surface area contributed by atoms with Crippen molar-refractivity contribution < 1.29 is 0 Å². The molecule has 1 aromatic heterocycles. The number of hydrogen-bond acceptors (Lipinski definition) is 6. The van der Waals surface area contributed by atoms with E-state index in [1.165, 1.54) is 0 Å². The first-order valence-corrected chi connectivity index (χ1v) is 6.06. The number of nitrogens with zero attached hydrogens (tertiary/aromatic N) is 5. The zero-order valence-corrected chi connectivity index (χ0v) is 11.1. The second-order valence-electron chi connectivity index (χ2n) is 4.65. The second kappa shape index (κ2) is 5.29. The largest absolute Gasteiger partial charge is 0.304 e. The van der Waals surface area contributed by atoms with Crippen LogP contribution in [0.2, 0.25) is 0 Å². The molecule has 1 N–H and O–H groups in total. The number of hydrazine groups is 1. The molecule has 0 unspecified atom stereocenters.